The minimum atomic E-state index is -4.55. The first kappa shape index (κ1) is 28.3. The van der Waals surface area contributed by atoms with E-state index in [9.17, 15) is 31.1 Å². The van der Waals surface area contributed by atoms with Gasteiger partial charge in [-0.1, -0.05) is 11.6 Å². The molecule has 4 aromatic rings. The monoisotopic (exact) mass is 595 g/mol. The van der Waals surface area contributed by atoms with Gasteiger partial charge in [0.05, 0.1) is 29.3 Å². The lowest BCUT2D eigenvalue weighted by molar-refractivity contribution is -0.127. The fourth-order valence-electron chi connectivity index (χ4n) is 4.31. The third kappa shape index (κ3) is 6.56. The number of ether oxygens (including phenoxy) is 1. The second-order valence-corrected chi connectivity index (χ2v) is 9.62. The minimum absolute atomic E-state index is 0.0292. The zero-order valence-electron chi connectivity index (χ0n) is 21.0. The number of anilines is 3. The molecule has 1 aliphatic heterocycles. The molecule has 1 aromatic heterocycles. The molecule has 0 spiro atoms. The second-order valence-electron chi connectivity index (χ2n) is 9.22. The lowest BCUT2D eigenvalue weighted by Crippen LogP contribution is -2.21. The number of rotatable bonds is 6. The minimum Gasteiger partial charge on any atom is -0.451 e. The molecule has 0 unspecified atom stereocenters. The Kier molecular flexibility index (Phi) is 7.80. The topological polar surface area (TPSA) is 79.4 Å². The van der Waals surface area contributed by atoms with Crippen molar-refractivity contribution < 1.29 is 35.9 Å². The molecule has 1 aliphatic rings. The third-order valence-corrected chi connectivity index (χ3v) is 6.58. The van der Waals surface area contributed by atoms with E-state index in [-0.39, 0.29) is 22.0 Å². The number of hydrogen-bond acceptors (Lipinski definition) is 5. The summed E-state index contributed by atoms with van der Waals surface area (Å²) in [6.07, 6.45) is -2.20. The second kappa shape index (κ2) is 11.3. The molecule has 5 rings (SSSR count). The molecule has 214 valence electrons. The average Bonchev–Trinajstić information content (AvgIpc) is 3.45. The smallest absolute Gasteiger partial charge is 0.393 e. The Balaban J connectivity index is 1.32. The molecule has 0 radical (unpaired) electrons. The van der Waals surface area contributed by atoms with Crippen molar-refractivity contribution in [3.8, 4) is 11.5 Å². The molecule has 2 N–H and O–H groups in total. The molecular weight excluding hydrogens is 576 g/mol. The molecular formula is C27H20ClF6N5O2. The predicted molar refractivity (Wildman–Crippen MR) is 141 cm³/mol. The third-order valence-electron chi connectivity index (χ3n) is 6.21. The van der Waals surface area contributed by atoms with Crippen LogP contribution < -0.4 is 20.3 Å². The quantitative estimate of drug-likeness (QED) is 0.175. The number of amides is 2. The number of aromatic nitrogens is 2. The molecule has 0 bridgehead atoms. The maximum absolute atomic E-state index is 14.9. The Hall–Kier alpha value is -4.26. The van der Waals surface area contributed by atoms with Gasteiger partial charge in [0.25, 0.3) is 0 Å². The molecule has 0 saturated carbocycles. The number of fused-ring (bicyclic) bond motifs is 1. The van der Waals surface area contributed by atoms with Crippen LogP contribution in [0.2, 0.25) is 5.02 Å². The Morgan fingerprint density at radius 1 is 0.976 bits per heavy atom. The number of nitrogens with zero attached hydrogens (tertiary/aromatic N) is 3. The molecule has 41 heavy (non-hydrogen) atoms. The number of benzene rings is 3. The first-order chi connectivity index (χ1) is 19.5. The number of carbonyl (C=O) groups is 1. The Bertz CT molecular complexity index is 1630. The summed E-state index contributed by atoms with van der Waals surface area (Å²) in [5.41, 5.74) is -0.365. The molecule has 14 heteroatoms. The molecule has 0 aliphatic carbocycles. The number of hydrogen-bond donors (Lipinski definition) is 2. The van der Waals surface area contributed by atoms with Gasteiger partial charge in [0.1, 0.15) is 11.6 Å². The van der Waals surface area contributed by atoms with Gasteiger partial charge in [-0.25, -0.2) is 18.6 Å². The first-order valence-corrected chi connectivity index (χ1v) is 12.6. The molecule has 7 nitrogen and oxygen atoms in total. The lowest BCUT2D eigenvalue weighted by Gasteiger charge is -2.16. The highest BCUT2D eigenvalue weighted by Gasteiger charge is 2.29. The van der Waals surface area contributed by atoms with Crippen molar-refractivity contribution in [3.05, 3.63) is 76.7 Å². The van der Waals surface area contributed by atoms with Crippen LogP contribution in [0.3, 0.4) is 0 Å². The first-order valence-electron chi connectivity index (χ1n) is 12.3. The van der Waals surface area contributed by atoms with E-state index >= 15 is 0 Å². The fraction of sp³-hybridized carbons (Fsp3) is 0.222. The molecule has 1 fully saturated rings. The van der Waals surface area contributed by atoms with Gasteiger partial charge in [-0.15, -0.1) is 0 Å². The van der Waals surface area contributed by atoms with E-state index in [2.05, 4.69) is 20.2 Å². The van der Waals surface area contributed by atoms with Crippen molar-refractivity contribution in [3.63, 3.8) is 0 Å². The van der Waals surface area contributed by atoms with E-state index in [1.807, 2.05) is 5.32 Å². The van der Waals surface area contributed by atoms with Crippen molar-refractivity contribution >= 4 is 45.9 Å². The summed E-state index contributed by atoms with van der Waals surface area (Å²) in [5, 5.41) is 3.93. The van der Waals surface area contributed by atoms with Crippen LogP contribution in [0.15, 0.2) is 48.7 Å². The van der Waals surface area contributed by atoms with Crippen LogP contribution in [0.4, 0.5) is 48.3 Å². The van der Waals surface area contributed by atoms with Gasteiger partial charge < -0.3 is 20.3 Å². The van der Waals surface area contributed by atoms with Gasteiger partial charge in [0.2, 0.25) is 11.6 Å². The zero-order chi connectivity index (χ0) is 29.3. The summed E-state index contributed by atoms with van der Waals surface area (Å²) >= 11 is 5.78. The fourth-order valence-corrected chi connectivity index (χ4v) is 4.50. The largest absolute Gasteiger partial charge is 0.451 e. The van der Waals surface area contributed by atoms with E-state index in [0.717, 1.165) is 38.1 Å². The van der Waals surface area contributed by atoms with E-state index in [1.54, 1.807) is 6.20 Å². The van der Waals surface area contributed by atoms with Gasteiger partial charge in [-0.3, -0.25) is 4.98 Å². The van der Waals surface area contributed by atoms with Gasteiger partial charge in [0.15, 0.2) is 11.6 Å². The van der Waals surface area contributed by atoms with Gasteiger partial charge in [-0.2, -0.15) is 17.6 Å². The lowest BCUT2D eigenvalue weighted by atomic mass is 10.1. The molecule has 0 atom stereocenters. The van der Waals surface area contributed by atoms with Crippen molar-refractivity contribution in [2.24, 2.45) is 0 Å². The number of nitrogens with one attached hydrogen (secondary N) is 2. The van der Waals surface area contributed by atoms with Gasteiger partial charge >= 0.3 is 12.2 Å². The highest BCUT2D eigenvalue weighted by Crippen LogP contribution is 2.34. The zero-order valence-corrected chi connectivity index (χ0v) is 21.7. The highest BCUT2D eigenvalue weighted by atomic mass is 35.5. The van der Waals surface area contributed by atoms with Crippen LogP contribution in [-0.2, 0) is 6.42 Å². The summed E-state index contributed by atoms with van der Waals surface area (Å²) < 4.78 is 88.0. The molecule has 2 heterocycles. The van der Waals surface area contributed by atoms with E-state index in [0.29, 0.717) is 22.9 Å². The average molecular weight is 596 g/mol. The summed E-state index contributed by atoms with van der Waals surface area (Å²) in [6, 6.07) is 7.00. The van der Waals surface area contributed by atoms with Crippen molar-refractivity contribution in [1.29, 1.82) is 0 Å². The van der Waals surface area contributed by atoms with Gasteiger partial charge in [0, 0.05) is 35.9 Å². The van der Waals surface area contributed by atoms with Crippen LogP contribution in [0, 0.1) is 17.5 Å². The van der Waals surface area contributed by atoms with Crippen LogP contribution in [0.1, 0.15) is 18.4 Å². The summed E-state index contributed by atoms with van der Waals surface area (Å²) in [6.45, 7) is 1.67. The Morgan fingerprint density at radius 2 is 1.73 bits per heavy atom. The van der Waals surface area contributed by atoms with Crippen molar-refractivity contribution in [1.82, 2.24) is 9.97 Å². The highest BCUT2D eigenvalue weighted by molar-refractivity contribution is 6.31. The Labute approximate surface area is 234 Å². The van der Waals surface area contributed by atoms with Gasteiger partial charge in [-0.05, 0) is 48.7 Å². The molecule has 1 saturated heterocycles. The SMILES string of the molecule is O=C(Nc1ccc(Cl)c(CC(F)(F)F)c1)Nc1cc(F)c(Oc2ccc3ncc(N4CCCC4)nc3c2)c(F)c1F. The van der Waals surface area contributed by atoms with Crippen LogP contribution in [-0.4, -0.2) is 35.3 Å². The van der Waals surface area contributed by atoms with Crippen molar-refractivity contribution in [2.45, 2.75) is 25.4 Å². The standard InChI is InChI=1S/C27H20ClF6N5O2/c28-17-5-3-15(9-14(17)12-27(32,33)34)36-26(40)38-21-11-18(29)25(24(31)23(21)30)41-16-4-6-19-20(10-16)37-22(13-35-19)39-7-1-2-8-39/h3-6,9-11,13H,1-2,7-8,12H2,(H2,36,38,40). The van der Waals surface area contributed by atoms with Crippen LogP contribution >= 0.6 is 11.6 Å². The number of urea groups is 1. The molecule has 3 aromatic carbocycles. The van der Waals surface area contributed by atoms with Crippen LogP contribution in [0.5, 0.6) is 11.5 Å². The normalized spacial score (nSPS) is 13.5. The predicted octanol–water partition coefficient (Wildman–Crippen LogP) is 7.84. The number of alkyl halides is 3. The number of halogens is 7. The summed E-state index contributed by atoms with van der Waals surface area (Å²) in [4.78, 5) is 23.3. The Morgan fingerprint density at radius 3 is 2.46 bits per heavy atom. The molecule has 2 amide bonds. The van der Waals surface area contributed by atoms with E-state index in [4.69, 9.17) is 16.3 Å². The maximum atomic E-state index is 14.9. The van der Waals surface area contributed by atoms with E-state index in [1.165, 1.54) is 24.3 Å². The number of carbonyl (C=O) groups excluding carboxylic acids is 1. The van der Waals surface area contributed by atoms with Crippen molar-refractivity contribution in [2.75, 3.05) is 28.6 Å². The maximum Gasteiger partial charge on any atom is 0.393 e. The van der Waals surface area contributed by atoms with E-state index < -0.39 is 47.5 Å². The summed E-state index contributed by atoms with van der Waals surface area (Å²) in [7, 11) is 0. The van der Waals surface area contributed by atoms with Crippen LogP contribution in [0.25, 0.3) is 11.0 Å². The summed E-state index contributed by atoms with van der Waals surface area (Å²) in [5.74, 6) is -5.09.